The van der Waals surface area contributed by atoms with Crippen molar-refractivity contribution in [1.82, 2.24) is 10.6 Å². The lowest BCUT2D eigenvalue weighted by molar-refractivity contribution is -0.117. The molecule has 1 saturated carbocycles. The summed E-state index contributed by atoms with van der Waals surface area (Å²) in [5, 5.41) is 17.5. The van der Waals surface area contributed by atoms with Crippen molar-refractivity contribution < 1.29 is 14.6 Å². The Balaban J connectivity index is 1.43. The molecule has 1 aliphatic carbocycles. The van der Waals surface area contributed by atoms with Crippen molar-refractivity contribution in [2.45, 2.75) is 37.5 Å². The molecule has 5 heteroatoms. The predicted octanol–water partition coefficient (Wildman–Crippen LogP) is 4.17. The third-order valence-corrected chi connectivity index (χ3v) is 6.13. The third kappa shape index (κ3) is 5.16. The molecule has 33 heavy (non-hydrogen) atoms. The number of carbonyl (C=O) groups excluding carboxylic acids is 1. The number of fused-ring (bicyclic) bond motifs is 2. The maximum Gasteiger partial charge on any atom is 0.252 e. The van der Waals surface area contributed by atoms with Crippen molar-refractivity contribution in [2.75, 3.05) is 6.54 Å². The smallest absolute Gasteiger partial charge is 0.252 e. The monoisotopic (exact) mass is 440 g/mol. The second kappa shape index (κ2) is 9.61. The van der Waals surface area contributed by atoms with Gasteiger partial charge >= 0.3 is 0 Å². The first-order chi connectivity index (χ1) is 16.2. The maximum atomic E-state index is 13.6. The minimum absolute atomic E-state index is 0.228. The summed E-state index contributed by atoms with van der Waals surface area (Å²) in [5.41, 5.74) is 3.16. The van der Waals surface area contributed by atoms with Crippen LogP contribution >= 0.6 is 0 Å². The van der Waals surface area contributed by atoms with E-state index in [1.54, 1.807) is 0 Å². The van der Waals surface area contributed by atoms with E-state index in [0.29, 0.717) is 36.1 Å². The second-order valence-corrected chi connectivity index (χ2v) is 8.71. The molecule has 168 valence electrons. The van der Waals surface area contributed by atoms with E-state index in [9.17, 15) is 9.90 Å². The topological polar surface area (TPSA) is 70.6 Å². The maximum absolute atomic E-state index is 13.6. The van der Waals surface area contributed by atoms with E-state index < -0.39 is 12.1 Å². The Bertz CT molecular complexity index is 1150. The zero-order valence-electron chi connectivity index (χ0n) is 18.4. The van der Waals surface area contributed by atoms with Crippen molar-refractivity contribution in [3.63, 3.8) is 0 Å². The average molecular weight is 441 g/mol. The molecule has 0 bridgehead atoms. The summed E-state index contributed by atoms with van der Waals surface area (Å²) in [6.45, 7) is 0.448. The van der Waals surface area contributed by atoms with Gasteiger partial charge in [0.25, 0.3) is 5.91 Å². The summed E-state index contributed by atoms with van der Waals surface area (Å²) < 4.78 is 6.11. The quantitative estimate of drug-likeness (QED) is 0.492. The number of hydrogen-bond acceptors (Lipinski definition) is 4. The summed E-state index contributed by atoms with van der Waals surface area (Å²) >= 11 is 0. The van der Waals surface area contributed by atoms with Crippen molar-refractivity contribution in [1.29, 1.82) is 0 Å². The summed E-state index contributed by atoms with van der Waals surface area (Å²) in [6.07, 6.45) is 3.99. The number of ether oxygens (including phenoxy) is 1. The zero-order chi connectivity index (χ0) is 22.6. The van der Waals surface area contributed by atoms with E-state index in [2.05, 4.69) is 10.6 Å². The van der Waals surface area contributed by atoms with Crippen molar-refractivity contribution in [2.24, 2.45) is 0 Å². The van der Waals surface area contributed by atoms with Gasteiger partial charge in [-0.3, -0.25) is 4.79 Å². The predicted molar refractivity (Wildman–Crippen MR) is 130 cm³/mol. The first-order valence-electron chi connectivity index (χ1n) is 11.5. The SMILES string of the molecule is O=C(N[C@@H](Cc1ccccc1)[C@H](O)CNC1CC1)C1=Cc2ccccc2Oc2ccccc21. The summed E-state index contributed by atoms with van der Waals surface area (Å²) in [7, 11) is 0. The van der Waals surface area contributed by atoms with Crippen LogP contribution in [0.5, 0.6) is 11.5 Å². The van der Waals surface area contributed by atoms with Crippen LogP contribution < -0.4 is 15.4 Å². The molecule has 3 aromatic rings. The number of aliphatic hydroxyl groups is 1. The van der Waals surface area contributed by atoms with E-state index in [0.717, 1.165) is 29.5 Å². The average Bonchev–Trinajstić information content (AvgIpc) is 3.68. The van der Waals surface area contributed by atoms with Crippen LogP contribution in [-0.4, -0.2) is 35.7 Å². The Hall–Kier alpha value is -3.41. The van der Waals surface area contributed by atoms with E-state index in [4.69, 9.17) is 4.74 Å². The molecule has 2 atom stereocenters. The third-order valence-electron chi connectivity index (χ3n) is 6.13. The van der Waals surface area contributed by atoms with Crippen LogP contribution in [0.2, 0.25) is 0 Å². The second-order valence-electron chi connectivity index (χ2n) is 8.71. The molecule has 1 heterocycles. The molecular formula is C28H28N2O3. The fraction of sp³-hybridized carbons (Fsp3) is 0.250. The van der Waals surface area contributed by atoms with E-state index in [1.165, 1.54) is 0 Å². The molecule has 0 radical (unpaired) electrons. The van der Waals surface area contributed by atoms with Gasteiger partial charge in [-0.05, 0) is 43.0 Å². The minimum atomic E-state index is -0.708. The summed E-state index contributed by atoms with van der Waals surface area (Å²) in [4.78, 5) is 13.6. The minimum Gasteiger partial charge on any atom is -0.456 e. The van der Waals surface area contributed by atoms with Crippen molar-refractivity contribution in [3.05, 3.63) is 95.6 Å². The fourth-order valence-electron chi connectivity index (χ4n) is 4.13. The van der Waals surface area contributed by atoms with Gasteiger partial charge in [-0.1, -0.05) is 66.7 Å². The molecule has 0 spiro atoms. The first kappa shape index (κ1) is 21.4. The Morgan fingerprint density at radius 3 is 2.42 bits per heavy atom. The molecule has 5 rings (SSSR count). The molecule has 5 nitrogen and oxygen atoms in total. The highest BCUT2D eigenvalue weighted by Gasteiger charge is 2.28. The lowest BCUT2D eigenvalue weighted by Gasteiger charge is -2.25. The van der Waals surface area contributed by atoms with Gasteiger partial charge in [0.15, 0.2) is 0 Å². The van der Waals surface area contributed by atoms with Crippen LogP contribution in [0.4, 0.5) is 0 Å². The van der Waals surface area contributed by atoms with Crippen LogP contribution in [0, 0.1) is 0 Å². The van der Waals surface area contributed by atoms with Crippen LogP contribution in [-0.2, 0) is 11.2 Å². The van der Waals surface area contributed by atoms with E-state index in [1.807, 2.05) is 84.9 Å². The van der Waals surface area contributed by atoms with Crippen LogP contribution in [0.1, 0.15) is 29.5 Å². The standard InChI is InChI=1S/C28H28N2O3/c31-25(18-29-21-14-15-21)24(16-19-8-2-1-3-9-19)30-28(32)23-17-20-10-4-6-12-26(20)33-27-13-7-5-11-22(23)27/h1-13,17,21,24-25,29,31H,14-16,18H2,(H,30,32)/t24-,25+/m0/s1. The Labute approximate surface area is 194 Å². The number of benzene rings is 3. The Kier molecular flexibility index (Phi) is 6.24. The molecule has 1 aliphatic heterocycles. The molecule has 2 aliphatic rings. The highest BCUT2D eigenvalue weighted by atomic mass is 16.5. The fourth-order valence-corrected chi connectivity index (χ4v) is 4.13. The number of para-hydroxylation sites is 2. The number of amides is 1. The highest BCUT2D eigenvalue weighted by molar-refractivity contribution is 6.25. The summed E-state index contributed by atoms with van der Waals surface area (Å²) in [5.74, 6) is 1.12. The Morgan fingerprint density at radius 1 is 0.939 bits per heavy atom. The van der Waals surface area contributed by atoms with Gasteiger partial charge in [0.1, 0.15) is 11.5 Å². The van der Waals surface area contributed by atoms with Gasteiger partial charge in [0.2, 0.25) is 0 Å². The van der Waals surface area contributed by atoms with Crippen molar-refractivity contribution in [3.8, 4) is 11.5 Å². The first-order valence-corrected chi connectivity index (χ1v) is 11.5. The van der Waals surface area contributed by atoms with Gasteiger partial charge in [-0.2, -0.15) is 0 Å². The lowest BCUT2D eigenvalue weighted by atomic mass is 9.98. The molecular weight excluding hydrogens is 412 g/mol. The summed E-state index contributed by atoms with van der Waals surface area (Å²) in [6, 6.07) is 25.2. The van der Waals surface area contributed by atoms with Crippen molar-refractivity contribution >= 4 is 17.6 Å². The van der Waals surface area contributed by atoms with Gasteiger partial charge in [-0.25, -0.2) is 0 Å². The zero-order valence-corrected chi connectivity index (χ0v) is 18.4. The number of nitrogens with one attached hydrogen (secondary N) is 2. The molecule has 3 N–H and O–H groups in total. The Morgan fingerprint density at radius 2 is 1.64 bits per heavy atom. The van der Waals surface area contributed by atoms with Crippen LogP contribution in [0.3, 0.4) is 0 Å². The van der Waals surface area contributed by atoms with Gasteiger partial charge in [0.05, 0.1) is 17.7 Å². The molecule has 0 saturated heterocycles. The highest BCUT2D eigenvalue weighted by Crippen LogP contribution is 2.37. The number of hydrogen-bond donors (Lipinski definition) is 3. The largest absolute Gasteiger partial charge is 0.456 e. The number of rotatable bonds is 8. The van der Waals surface area contributed by atoms with Gasteiger partial charge in [0, 0.05) is 23.7 Å². The number of aliphatic hydroxyl groups excluding tert-OH is 1. The number of carbonyl (C=O) groups is 1. The van der Waals surface area contributed by atoms with E-state index in [-0.39, 0.29) is 5.91 Å². The molecule has 1 fully saturated rings. The molecule has 0 aromatic heterocycles. The van der Waals surface area contributed by atoms with Gasteiger partial charge < -0.3 is 20.5 Å². The van der Waals surface area contributed by atoms with E-state index >= 15 is 0 Å². The normalized spacial score (nSPS) is 16.3. The van der Waals surface area contributed by atoms with Crippen LogP contribution in [0.25, 0.3) is 11.6 Å². The van der Waals surface area contributed by atoms with Crippen LogP contribution in [0.15, 0.2) is 78.9 Å². The lowest BCUT2D eigenvalue weighted by Crippen LogP contribution is -2.49. The molecule has 3 aromatic carbocycles. The molecule has 0 unspecified atom stereocenters. The van der Waals surface area contributed by atoms with Gasteiger partial charge in [-0.15, -0.1) is 0 Å². The molecule has 1 amide bonds.